The lowest BCUT2D eigenvalue weighted by Crippen LogP contribution is -2.31. The summed E-state index contributed by atoms with van der Waals surface area (Å²) >= 11 is 0. The van der Waals surface area contributed by atoms with Crippen LogP contribution in [0.5, 0.6) is 0 Å². The van der Waals surface area contributed by atoms with Gasteiger partial charge >= 0.3 is 0 Å². The maximum absolute atomic E-state index is 12.4. The molecule has 0 radical (unpaired) electrons. The molecule has 0 spiro atoms. The van der Waals surface area contributed by atoms with Crippen LogP contribution in [0.4, 0.5) is 11.8 Å². The van der Waals surface area contributed by atoms with Crippen LogP contribution in [0, 0.1) is 18.9 Å². The molecule has 2 aromatic heterocycles. The molecular weight excluding hydrogens is 400 g/mol. The lowest BCUT2D eigenvalue weighted by Gasteiger charge is -2.26. The van der Waals surface area contributed by atoms with Crippen LogP contribution < -0.4 is 10.2 Å². The molecule has 0 saturated carbocycles. The molecular formula is C20H18N8OS. The normalized spacial score (nSPS) is 18.2. The zero-order chi connectivity index (χ0) is 21.1. The Labute approximate surface area is 176 Å². The second-order valence-electron chi connectivity index (χ2n) is 6.72. The number of hydrogen-bond acceptors (Lipinski definition) is 7. The summed E-state index contributed by atoms with van der Waals surface area (Å²) in [7, 11) is -1.16. The lowest BCUT2D eigenvalue weighted by molar-refractivity contribution is 0.685. The van der Waals surface area contributed by atoms with Crippen LogP contribution in [0.3, 0.4) is 0 Å². The van der Waals surface area contributed by atoms with Crippen LogP contribution in [0.1, 0.15) is 30.4 Å². The van der Waals surface area contributed by atoms with Gasteiger partial charge in [0.1, 0.15) is 10.00 Å². The summed E-state index contributed by atoms with van der Waals surface area (Å²) in [6.07, 6.45) is 12.1. The first kappa shape index (κ1) is 19.7. The number of terminal acetylenes is 1. The van der Waals surface area contributed by atoms with Gasteiger partial charge in [-0.1, -0.05) is 12.0 Å². The molecule has 2 aliphatic rings. The van der Waals surface area contributed by atoms with Crippen molar-refractivity contribution in [2.24, 2.45) is 5.10 Å². The Balaban J connectivity index is 1.60. The second-order valence-corrected chi connectivity index (χ2v) is 8.23. The van der Waals surface area contributed by atoms with Crippen molar-refractivity contribution >= 4 is 34.0 Å². The third-order valence-corrected chi connectivity index (χ3v) is 6.23. The van der Waals surface area contributed by atoms with Crippen molar-refractivity contribution in [3.63, 3.8) is 0 Å². The van der Waals surface area contributed by atoms with Gasteiger partial charge in [-0.25, -0.2) is 15.0 Å². The highest BCUT2D eigenvalue weighted by molar-refractivity contribution is 7.85. The van der Waals surface area contributed by atoms with Gasteiger partial charge in [-0.2, -0.15) is 11.6 Å². The number of hydrogen-bond donors (Lipinski definition) is 1. The molecule has 1 atom stereocenters. The number of aromatic nitrogens is 4. The van der Waals surface area contributed by atoms with Gasteiger partial charge in [-0.05, 0) is 12.0 Å². The third kappa shape index (κ3) is 3.91. The molecule has 1 N–H and O–H groups in total. The fraction of sp³-hybridized carbons (Fsp3) is 0.300. The highest BCUT2D eigenvalue weighted by Gasteiger charge is 2.28. The van der Waals surface area contributed by atoms with E-state index < -0.39 is 10.8 Å². The van der Waals surface area contributed by atoms with Crippen LogP contribution >= 0.6 is 0 Å². The fourth-order valence-electron chi connectivity index (χ4n) is 3.30. The van der Waals surface area contributed by atoms with E-state index in [1.807, 2.05) is 4.90 Å². The quantitative estimate of drug-likeness (QED) is 0.267. The molecule has 0 bridgehead atoms. The first-order valence-electron chi connectivity index (χ1n) is 9.29. The minimum atomic E-state index is -1.16. The molecule has 0 aromatic carbocycles. The smallest absolute Gasteiger partial charge is 0.227 e. The van der Waals surface area contributed by atoms with E-state index in [-0.39, 0.29) is 0 Å². The number of nitrogens with one attached hydrogen (secondary N) is 1. The molecule has 1 unspecified atom stereocenters. The number of amidine groups is 1. The standard InChI is InChI=1S/C20H18N8OS/c1-4-14-11-22-18(23-12-14)15-5-8-28(9-6-15)20-25-16-7-10-30(29)17(16)19(26-20)24-13(2)27-21-3/h1,5,11-12H,6-10H2,2H3,(H,24,25,26,27). The Morgan fingerprint density at radius 2 is 2.17 bits per heavy atom. The van der Waals surface area contributed by atoms with Crippen molar-refractivity contribution in [1.82, 2.24) is 19.9 Å². The number of rotatable bonds is 3. The van der Waals surface area contributed by atoms with E-state index in [0.717, 1.165) is 17.7 Å². The molecule has 150 valence electrons. The average molecular weight is 418 g/mol. The summed E-state index contributed by atoms with van der Waals surface area (Å²) in [5, 5.41) is 6.67. The number of nitrogens with zero attached hydrogens (tertiary/aromatic N) is 7. The summed E-state index contributed by atoms with van der Waals surface area (Å²) in [6, 6.07) is 0. The summed E-state index contributed by atoms with van der Waals surface area (Å²) in [6.45, 7) is 9.85. The Bertz CT molecular complexity index is 1160. The van der Waals surface area contributed by atoms with Crippen LogP contribution in [-0.2, 0) is 17.2 Å². The Morgan fingerprint density at radius 3 is 2.83 bits per heavy atom. The van der Waals surface area contributed by atoms with Crippen LogP contribution in [0.25, 0.3) is 10.5 Å². The van der Waals surface area contributed by atoms with E-state index in [0.29, 0.717) is 59.1 Å². The Morgan fingerprint density at radius 1 is 1.37 bits per heavy atom. The molecule has 2 aromatic rings. The topological polar surface area (TPSA) is 101 Å². The third-order valence-electron chi connectivity index (χ3n) is 4.77. The van der Waals surface area contributed by atoms with Gasteiger partial charge in [0.25, 0.3) is 0 Å². The molecule has 4 heterocycles. The monoisotopic (exact) mass is 418 g/mol. The highest BCUT2D eigenvalue weighted by Crippen LogP contribution is 2.31. The van der Waals surface area contributed by atoms with Gasteiger partial charge in [0.05, 0.1) is 22.1 Å². The van der Waals surface area contributed by atoms with Crippen molar-refractivity contribution in [3.8, 4) is 12.3 Å². The molecule has 0 saturated heterocycles. The first-order valence-corrected chi connectivity index (χ1v) is 10.6. The maximum atomic E-state index is 12.4. The summed E-state index contributed by atoms with van der Waals surface area (Å²) in [4.78, 5) is 23.6. The summed E-state index contributed by atoms with van der Waals surface area (Å²) in [5.41, 5.74) is 2.48. The average Bonchev–Trinajstić information content (AvgIpc) is 3.15. The number of fused-ring (bicyclic) bond motifs is 1. The van der Waals surface area contributed by atoms with E-state index >= 15 is 0 Å². The molecule has 2 aliphatic heterocycles. The zero-order valence-electron chi connectivity index (χ0n) is 16.3. The summed E-state index contributed by atoms with van der Waals surface area (Å²) < 4.78 is 12.4. The van der Waals surface area contributed by atoms with E-state index in [4.69, 9.17) is 13.0 Å². The van der Waals surface area contributed by atoms with Gasteiger partial charge in [-0.15, -0.1) is 11.4 Å². The van der Waals surface area contributed by atoms with Gasteiger partial charge in [0, 0.05) is 44.6 Å². The van der Waals surface area contributed by atoms with Gasteiger partial charge in [0.2, 0.25) is 5.95 Å². The highest BCUT2D eigenvalue weighted by atomic mass is 32.2. The van der Waals surface area contributed by atoms with E-state index in [2.05, 4.69) is 47.3 Å². The lowest BCUT2D eigenvalue weighted by atomic mass is 10.1. The van der Waals surface area contributed by atoms with Crippen LogP contribution in [-0.4, -0.2) is 48.8 Å². The zero-order valence-corrected chi connectivity index (χ0v) is 17.1. The predicted octanol–water partition coefficient (Wildman–Crippen LogP) is 1.87. The molecule has 10 heteroatoms. The van der Waals surface area contributed by atoms with Crippen molar-refractivity contribution in [1.29, 1.82) is 0 Å². The molecule has 0 amide bonds. The molecule has 0 fully saturated rings. The minimum absolute atomic E-state index is 0.397. The number of aryl methyl sites for hydroxylation is 1. The fourth-order valence-corrected chi connectivity index (χ4v) is 4.61. The summed E-state index contributed by atoms with van der Waals surface area (Å²) in [5.74, 6) is 5.13. The molecule has 9 nitrogen and oxygen atoms in total. The molecule has 4 rings (SSSR count). The van der Waals surface area contributed by atoms with E-state index in [1.165, 1.54) is 0 Å². The van der Waals surface area contributed by atoms with Crippen molar-refractivity contribution < 1.29 is 4.21 Å². The second kappa shape index (κ2) is 8.39. The Hall–Kier alpha value is -3.63. The van der Waals surface area contributed by atoms with Crippen LogP contribution in [0.2, 0.25) is 0 Å². The number of anilines is 2. The minimum Gasteiger partial charge on any atom is -0.337 e. The Kier molecular flexibility index (Phi) is 5.50. The van der Waals surface area contributed by atoms with Gasteiger partial charge < -0.3 is 10.2 Å². The van der Waals surface area contributed by atoms with E-state index in [9.17, 15) is 4.21 Å². The first-order chi connectivity index (χ1) is 14.6. The SMILES string of the molecule is [C-]#[N+]/N=C(/C)Nc1nc(N2CC=C(c3ncc(C#C)cn3)CC2)nc2c1S(=O)CC2. The van der Waals surface area contributed by atoms with Crippen molar-refractivity contribution in [2.45, 2.75) is 24.7 Å². The molecule has 0 aliphatic carbocycles. The van der Waals surface area contributed by atoms with Crippen LogP contribution in [0.15, 0.2) is 28.5 Å². The van der Waals surface area contributed by atoms with E-state index in [1.54, 1.807) is 19.3 Å². The largest absolute Gasteiger partial charge is 0.337 e. The maximum Gasteiger partial charge on any atom is 0.227 e. The molecule has 30 heavy (non-hydrogen) atoms. The predicted molar refractivity (Wildman–Crippen MR) is 115 cm³/mol. The van der Waals surface area contributed by atoms with Crippen molar-refractivity contribution in [3.05, 3.63) is 47.1 Å². The van der Waals surface area contributed by atoms with Gasteiger partial charge in [-0.3, -0.25) is 4.21 Å². The van der Waals surface area contributed by atoms with Crippen molar-refractivity contribution in [2.75, 3.05) is 29.1 Å². The van der Waals surface area contributed by atoms with Gasteiger partial charge in [0.15, 0.2) is 17.5 Å².